The molecule has 0 aliphatic heterocycles. The lowest BCUT2D eigenvalue weighted by Gasteiger charge is -1.98. The molecule has 0 spiro atoms. The van der Waals surface area contributed by atoms with Gasteiger partial charge in [-0.15, -0.1) is 0 Å². The summed E-state index contributed by atoms with van der Waals surface area (Å²) in [5.74, 6) is 0.801. The molecule has 5 nitrogen and oxygen atoms in total. The highest BCUT2D eigenvalue weighted by Gasteiger charge is 2.05. The van der Waals surface area contributed by atoms with Crippen molar-refractivity contribution in [3.05, 3.63) is 70.0 Å². The van der Waals surface area contributed by atoms with E-state index in [1.165, 1.54) is 12.1 Å². The van der Waals surface area contributed by atoms with E-state index in [1.807, 2.05) is 37.3 Å². The minimum absolute atomic E-state index is 0.0912. The molecule has 1 N–H and O–H groups in total. The van der Waals surface area contributed by atoms with Crippen molar-refractivity contribution in [2.75, 3.05) is 0 Å². The Balaban J connectivity index is 1.92. The maximum atomic E-state index is 10.6. The van der Waals surface area contributed by atoms with Crippen molar-refractivity contribution in [1.29, 1.82) is 0 Å². The number of fused-ring (bicyclic) bond motifs is 1. The number of hydrogen-bond acceptors (Lipinski definition) is 3. The van der Waals surface area contributed by atoms with Crippen molar-refractivity contribution in [1.82, 2.24) is 9.97 Å². The molecule has 1 aromatic heterocycles. The van der Waals surface area contributed by atoms with Gasteiger partial charge < -0.3 is 4.98 Å². The molecule has 0 fully saturated rings. The van der Waals surface area contributed by atoms with Gasteiger partial charge in [-0.05, 0) is 48.4 Å². The Labute approximate surface area is 121 Å². The number of allylic oxidation sites excluding steroid dienone is 1. The molecule has 3 rings (SSSR count). The molecule has 0 radical (unpaired) electrons. The molecule has 0 unspecified atom stereocenters. The van der Waals surface area contributed by atoms with Crippen LogP contribution in [-0.2, 0) is 0 Å². The number of para-hydroxylation sites is 2. The first-order valence-corrected chi connectivity index (χ1v) is 6.51. The van der Waals surface area contributed by atoms with Gasteiger partial charge in [-0.25, -0.2) is 4.98 Å². The lowest BCUT2D eigenvalue weighted by atomic mass is 10.1. The van der Waals surface area contributed by atoms with Crippen LogP contribution < -0.4 is 0 Å². The normalized spacial score (nSPS) is 11.8. The molecule has 21 heavy (non-hydrogen) atoms. The number of hydrogen-bond donors (Lipinski definition) is 1. The first-order chi connectivity index (χ1) is 10.1. The first kappa shape index (κ1) is 13.1. The summed E-state index contributed by atoms with van der Waals surface area (Å²) in [5.41, 5.74) is 3.88. The number of nitrogens with zero attached hydrogens (tertiary/aromatic N) is 2. The Morgan fingerprint density at radius 3 is 2.57 bits per heavy atom. The number of benzene rings is 2. The van der Waals surface area contributed by atoms with Gasteiger partial charge in [0.2, 0.25) is 0 Å². The fourth-order valence-electron chi connectivity index (χ4n) is 2.15. The van der Waals surface area contributed by atoms with E-state index in [9.17, 15) is 10.1 Å². The number of nitro groups is 1. The van der Waals surface area contributed by atoms with E-state index in [2.05, 4.69) is 9.97 Å². The van der Waals surface area contributed by atoms with Gasteiger partial charge in [-0.1, -0.05) is 12.1 Å². The van der Waals surface area contributed by atoms with Gasteiger partial charge >= 0.3 is 0 Å². The number of nitro benzene ring substituents is 1. The van der Waals surface area contributed by atoms with Crippen LogP contribution in [0.25, 0.3) is 22.7 Å². The van der Waals surface area contributed by atoms with Gasteiger partial charge in [0.25, 0.3) is 5.69 Å². The number of nitrogens with one attached hydrogen (secondary N) is 1. The van der Waals surface area contributed by atoms with Gasteiger partial charge in [0.1, 0.15) is 5.82 Å². The zero-order valence-corrected chi connectivity index (χ0v) is 11.4. The SMILES string of the molecule is CC(=Cc1ccc([N+](=O)[O-])cc1)c1nc2ccccc2[nH]1. The van der Waals surface area contributed by atoms with Crippen LogP contribution in [0.2, 0.25) is 0 Å². The molecule has 0 bridgehead atoms. The maximum Gasteiger partial charge on any atom is 0.269 e. The van der Waals surface area contributed by atoms with E-state index >= 15 is 0 Å². The highest BCUT2D eigenvalue weighted by Crippen LogP contribution is 2.20. The van der Waals surface area contributed by atoms with Gasteiger partial charge in [0.15, 0.2) is 0 Å². The molecule has 3 aromatic rings. The summed E-state index contributed by atoms with van der Waals surface area (Å²) >= 11 is 0. The summed E-state index contributed by atoms with van der Waals surface area (Å²) in [6.45, 7) is 1.96. The second-order valence-electron chi connectivity index (χ2n) is 4.78. The zero-order valence-electron chi connectivity index (χ0n) is 11.4. The van der Waals surface area contributed by atoms with E-state index in [-0.39, 0.29) is 5.69 Å². The number of H-pyrrole nitrogens is 1. The van der Waals surface area contributed by atoms with Crippen molar-refractivity contribution in [2.24, 2.45) is 0 Å². The van der Waals surface area contributed by atoms with Crippen LogP contribution in [0, 0.1) is 10.1 Å². The summed E-state index contributed by atoms with van der Waals surface area (Å²) in [4.78, 5) is 18.0. The number of imidazole rings is 1. The van der Waals surface area contributed by atoms with Gasteiger partial charge in [-0.3, -0.25) is 10.1 Å². The second-order valence-corrected chi connectivity index (χ2v) is 4.78. The average molecular weight is 279 g/mol. The van der Waals surface area contributed by atoms with E-state index in [0.717, 1.165) is 28.0 Å². The van der Waals surface area contributed by atoms with Crippen LogP contribution in [0.15, 0.2) is 48.5 Å². The predicted octanol–water partition coefficient (Wildman–Crippen LogP) is 4.03. The van der Waals surface area contributed by atoms with Crippen molar-refractivity contribution in [3.8, 4) is 0 Å². The van der Waals surface area contributed by atoms with Crippen LogP contribution in [0.3, 0.4) is 0 Å². The van der Waals surface area contributed by atoms with Crippen molar-refractivity contribution >= 4 is 28.4 Å². The van der Waals surface area contributed by atoms with Crippen LogP contribution in [0.5, 0.6) is 0 Å². The fraction of sp³-hybridized carbons (Fsp3) is 0.0625. The average Bonchev–Trinajstić information content (AvgIpc) is 2.92. The zero-order chi connectivity index (χ0) is 14.8. The smallest absolute Gasteiger partial charge is 0.269 e. The largest absolute Gasteiger partial charge is 0.338 e. The van der Waals surface area contributed by atoms with Crippen LogP contribution in [0.1, 0.15) is 18.3 Å². The summed E-state index contributed by atoms with van der Waals surface area (Å²) in [6, 6.07) is 14.3. The predicted molar refractivity (Wildman–Crippen MR) is 82.7 cm³/mol. The monoisotopic (exact) mass is 279 g/mol. The van der Waals surface area contributed by atoms with E-state index in [0.29, 0.717) is 0 Å². The van der Waals surface area contributed by atoms with Gasteiger partial charge in [-0.2, -0.15) is 0 Å². The van der Waals surface area contributed by atoms with Gasteiger partial charge in [0.05, 0.1) is 16.0 Å². The van der Waals surface area contributed by atoms with E-state index < -0.39 is 4.92 Å². The topological polar surface area (TPSA) is 71.8 Å². The molecular weight excluding hydrogens is 266 g/mol. The number of aromatic nitrogens is 2. The number of rotatable bonds is 3. The van der Waals surface area contributed by atoms with Gasteiger partial charge in [0, 0.05) is 12.1 Å². The molecule has 0 saturated heterocycles. The van der Waals surface area contributed by atoms with Crippen LogP contribution in [0.4, 0.5) is 5.69 Å². The van der Waals surface area contributed by atoms with E-state index in [1.54, 1.807) is 12.1 Å². The lowest BCUT2D eigenvalue weighted by Crippen LogP contribution is -1.87. The number of non-ortho nitro benzene ring substituents is 1. The minimum Gasteiger partial charge on any atom is -0.338 e. The molecule has 0 saturated carbocycles. The molecule has 0 aliphatic carbocycles. The van der Waals surface area contributed by atoms with Crippen molar-refractivity contribution < 1.29 is 4.92 Å². The van der Waals surface area contributed by atoms with Crippen molar-refractivity contribution in [2.45, 2.75) is 6.92 Å². The third-order valence-electron chi connectivity index (χ3n) is 3.25. The number of aromatic amines is 1. The Bertz CT molecular complexity index is 799. The molecule has 1 heterocycles. The third-order valence-corrected chi connectivity index (χ3v) is 3.25. The molecule has 5 heteroatoms. The third kappa shape index (κ3) is 2.67. The maximum absolute atomic E-state index is 10.6. The lowest BCUT2D eigenvalue weighted by molar-refractivity contribution is -0.384. The summed E-state index contributed by atoms with van der Waals surface area (Å²) in [6.07, 6.45) is 1.95. The Morgan fingerprint density at radius 2 is 1.90 bits per heavy atom. The quantitative estimate of drug-likeness (QED) is 0.581. The fourth-order valence-corrected chi connectivity index (χ4v) is 2.15. The first-order valence-electron chi connectivity index (χ1n) is 6.51. The molecule has 104 valence electrons. The summed E-state index contributed by atoms with van der Waals surface area (Å²) in [5, 5.41) is 10.6. The van der Waals surface area contributed by atoms with Crippen LogP contribution in [-0.4, -0.2) is 14.9 Å². The molecule has 0 aliphatic rings. The highest BCUT2D eigenvalue weighted by molar-refractivity contribution is 5.83. The Kier molecular flexibility index (Phi) is 3.23. The minimum atomic E-state index is -0.403. The van der Waals surface area contributed by atoms with E-state index in [4.69, 9.17) is 0 Å². The second kappa shape index (κ2) is 5.20. The standard InChI is InChI=1S/C16H13N3O2/c1-11(10-12-6-8-13(9-7-12)19(20)21)16-17-14-4-2-3-5-15(14)18-16/h2-10H,1H3,(H,17,18). The summed E-state index contributed by atoms with van der Waals surface area (Å²) < 4.78 is 0. The van der Waals surface area contributed by atoms with Crippen LogP contribution >= 0.6 is 0 Å². The summed E-state index contributed by atoms with van der Waals surface area (Å²) in [7, 11) is 0. The molecule has 2 aromatic carbocycles. The Hall–Kier alpha value is -2.95. The Morgan fingerprint density at radius 1 is 1.19 bits per heavy atom. The highest BCUT2D eigenvalue weighted by atomic mass is 16.6. The molecule has 0 atom stereocenters. The molecule has 0 amide bonds. The van der Waals surface area contributed by atoms with Crippen molar-refractivity contribution in [3.63, 3.8) is 0 Å². The molecular formula is C16H13N3O2.